The molecule has 0 aromatic heterocycles. The molecule has 2 bridgehead atoms. The van der Waals surface area contributed by atoms with Gasteiger partial charge in [0.2, 0.25) is 5.79 Å². The van der Waals surface area contributed by atoms with E-state index in [1.165, 1.54) is 0 Å². The van der Waals surface area contributed by atoms with E-state index in [0.29, 0.717) is 0 Å². The lowest BCUT2D eigenvalue weighted by Crippen LogP contribution is -2.57. The van der Waals surface area contributed by atoms with Crippen molar-refractivity contribution in [2.75, 3.05) is 14.2 Å². The van der Waals surface area contributed by atoms with Gasteiger partial charge in [0.05, 0.1) is 0 Å². The van der Waals surface area contributed by atoms with Gasteiger partial charge in [-0.2, -0.15) is 0 Å². The van der Waals surface area contributed by atoms with Crippen LogP contribution < -0.4 is 0 Å². The molecule has 0 aliphatic heterocycles. The van der Waals surface area contributed by atoms with Crippen LogP contribution in [-0.4, -0.2) is 34.4 Å². The number of halogens is 4. The van der Waals surface area contributed by atoms with Crippen LogP contribution >= 0.6 is 63.7 Å². The molecule has 1 fully saturated rings. The van der Waals surface area contributed by atoms with E-state index in [2.05, 4.69) is 70.6 Å². The maximum atomic E-state index is 13.1. The smallest absolute Gasteiger partial charge is 0.216 e. The van der Waals surface area contributed by atoms with Gasteiger partial charge in [0.25, 0.3) is 0 Å². The summed E-state index contributed by atoms with van der Waals surface area (Å²) in [5, 5.41) is 0. The highest BCUT2D eigenvalue weighted by Gasteiger charge is 2.83. The molecule has 0 saturated heterocycles. The van der Waals surface area contributed by atoms with E-state index in [0.717, 1.165) is 34.6 Å². The summed E-state index contributed by atoms with van der Waals surface area (Å²) in [6.45, 7) is 2.15. The number of unbranched alkanes of at least 4 members (excludes halogenated alkanes) is 2. The highest BCUT2D eigenvalue weighted by atomic mass is 79.9. The molecular weight excluding hydrogens is 536 g/mol. The summed E-state index contributed by atoms with van der Waals surface area (Å²) in [5.74, 6) is -1.24. The Kier molecular flexibility index (Phi) is 5.56. The van der Waals surface area contributed by atoms with Crippen LogP contribution in [-0.2, 0) is 14.3 Å². The van der Waals surface area contributed by atoms with Gasteiger partial charge in [-0.05, 0) is 6.42 Å². The fourth-order valence-electron chi connectivity index (χ4n) is 3.51. The van der Waals surface area contributed by atoms with Gasteiger partial charge in [-0.1, -0.05) is 89.9 Å². The summed E-state index contributed by atoms with van der Waals surface area (Å²) in [4.78, 5) is 13.1. The Hall–Kier alpha value is 1.25. The van der Waals surface area contributed by atoms with Gasteiger partial charge in [0.1, 0.15) is 4.32 Å². The monoisotopic (exact) mass is 550 g/mol. The molecule has 2 aliphatic rings. The Morgan fingerprint density at radius 3 is 2.10 bits per heavy atom. The number of carbonyl (C=O) groups is 1. The molecule has 3 atom stereocenters. The van der Waals surface area contributed by atoms with Crippen LogP contribution in [0.15, 0.2) is 8.96 Å². The van der Waals surface area contributed by atoms with Gasteiger partial charge >= 0.3 is 0 Å². The number of alkyl halides is 2. The summed E-state index contributed by atoms with van der Waals surface area (Å²) in [7, 11) is 3.15. The van der Waals surface area contributed by atoms with E-state index in [-0.39, 0.29) is 11.7 Å². The van der Waals surface area contributed by atoms with Crippen LogP contribution in [0, 0.1) is 5.92 Å². The Morgan fingerprint density at radius 1 is 1.10 bits per heavy atom. The molecule has 21 heavy (non-hydrogen) atoms. The van der Waals surface area contributed by atoms with Crippen molar-refractivity contribution < 1.29 is 14.3 Å². The summed E-state index contributed by atoms with van der Waals surface area (Å²) in [6.07, 6.45) is 4.04. The molecule has 0 aromatic carbocycles. The minimum atomic E-state index is -1.12. The second-order valence-corrected chi connectivity index (χ2v) is 9.46. The lowest BCUT2D eigenvalue weighted by molar-refractivity contribution is -0.212. The molecule has 2 rings (SSSR count). The Bertz CT molecular complexity index is 489. The van der Waals surface area contributed by atoms with Crippen molar-refractivity contribution in [1.29, 1.82) is 0 Å². The Morgan fingerprint density at radius 2 is 1.67 bits per heavy atom. The van der Waals surface area contributed by atoms with E-state index in [4.69, 9.17) is 9.47 Å². The SMILES string of the molecule is CCCCC[C@@H]1C(=O)[C@]2(Br)C(Br)=C(Br)[C@@]1(Br)C2(OC)OC. The maximum absolute atomic E-state index is 13.1. The molecule has 120 valence electrons. The number of carbonyl (C=O) groups excluding carboxylic acids is 1. The second-order valence-electron chi connectivity index (χ2n) is 5.44. The Balaban J connectivity index is 2.54. The summed E-state index contributed by atoms with van der Waals surface area (Å²) >= 11 is 14.6. The van der Waals surface area contributed by atoms with Crippen molar-refractivity contribution in [3.63, 3.8) is 0 Å². The number of ketones is 1. The number of hydrogen-bond acceptors (Lipinski definition) is 3. The van der Waals surface area contributed by atoms with Crippen molar-refractivity contribution in [1.82, 2.24) is 0 Å². The summed E-state index contributed by atoms with van der Waals surface area (Å²) in [5.41, 5.74) is 0. The fraction of sp³-hybridized carbons (Fsp3) is 0.786. The quantitative estimate of drug-likeness (QED) is 0.263. The molecule has 3 nitrogen and oxygen atoms in total. The first-order valence-corrected chi connectivity index (χ1v) is 10.0. The molecule has 0 radical (unpaired) electrons. The lowest BCUT2D eigenvalue weighted by atomic mass is 9.87. The first kappa shape index (κ1) is 18.6. The third-order valence-electron chi connectivity index (χ3n) is 4.55. The minimum absolute atomic E-state index is 0.0919. The molecule has 2 aliphatic carbocycles. The second kappa shape index (κ2) is 6.28. The predicted molar refractivity (Wildman–Crippen MR) is 97.6 cm³/mol. The maximum Gasteiger partial charge on any atom is 0.216 e. The molecule has 0 N–H and O–H groups in total. The topological polar surface area (TPSA) is 35.5 Å². The Labute approximate surface area is 159 Å². The van der Waals surface area contributed by atoms with Crippen LogP contribution in [0.25, 0.3) is 0 Å². The zero-order valence-electron chi connectivity index (χ0n) is 12.1. The zero-order chi connectivity index (χ0) is 16.1. The van der Waals surface area contributed by atoms with Gasteiger partial charge in [0, 0.05) is 29.1 Å². The molecule has 0 heterocycles. The van der Waals surface area contributed by atoms with Gasteiger partial charge in [-0.3, -0.25) is 4.79 Å². The largest absolute Gasteiger partial charge is 0.350 e. The van der Waals surface area contributed by atoms with Crippen molar-refractivity contribution in [3.05, 3.63) is 8.96 Å². The van der Waals surface area contributed by atoms with Gasteiger partial charge in [-0.25, -0.2) is 0 Å². The van der Waals surface area contributed by atoms with Crippen molar-refractivity contribution in [2.45, 2.75) is 47.0 Å². The molecule has 7 heteroatoms. The van der Waals surface area contributed by atoms with E-state index in [1.807, 2.05) is 0 Å². The minimum Gasteiger partial charge on any atom is -0.350 e. The van der Waals surface area contributed by atoms with Crippen LogP contribution in [0.3, 0.4) is 0 Å². The first-order chi connectivity index (χ1) is 9.79. The normalized spacial score (nSPS) is 37.7. The number of fused-ring (bicyclic) bond motifs is 2. The number of Topliss-reactive ketones (excluding diaryl/α,β-unsaturated/α-hetero) is 1. The third-order valence-corrected chi connectivity index (χ3v) is 10.9. The molecular formula is C14H18Br4O3. The molecule has 0 aromatic rings. The van der Waals surface area contributed by atoms with Crippen molar-refractivity contribution in [3.8, 4) is 0 Å². The fourth-order valence-corrected chi connectivity index (χ4v) is 8.28. The van der Waals surface area contributed by atoms with Crippen LogP contribution in [0.5, 0.6) is 0 Å². The lowest BCUT2D eigenvalue weighted by Gasteiger charge is -2.41. The molecule has 0 amide bonds. The zero-order valence-corrected chi connectivity index (χ0v) is 18.5. The number of methoxy groups -OCH3 is 2. The standard InChI is InChI=1S/C14H18Br4O3/c1-4-5-6-7-8-11(19)13(18)10(16)9(15)12(8,17)14(13,20-2)21-3/h8H,4-7H2,1-3H3/t8-,12-,13-/m1/s1. The van der Waals surface area contributed by atoms with Gasteiger partial charge < -0.3 is 9.47 Å². The molecule has 1 saturated carbocycles. The highest BCUT2D eigenvalue weighted by Crippen LogP contribution is 2.72. The van der Waals surface area contributed by atoms with Crippen LogP contribution in [0.2, 0.25) is 0 Å². The summed E-state index contributed by atoms with van der Waals surface area (Å²) < 4.78 is 11.4. The number of hydrogen-bond donors (Lipinski definition) is 0. The van der Waals surface area contributed by atoms with E-state index in [9.17, 15) is 4.79 Å². The average Bonchev–Trinajstić information content (AvgIpc) is 2.70. The molecule has 0 spiro atoms. The molecule has 0 unspecified atom stereocenters. The first-order valence-electron chi connectivity index (χ1n) is 6.88. The van der Waals surface area contributed by atoms with Crippen molar-refractivity contribution >= 4 is 69.5 Å². The van der Waals surface area contributed by atoms with Crippen molar-refractivity contribution in [2.24, 2.45) is 5.92 Å². The predicted octanol–water partition coefficient (Wildman–Crippen LogP) is 5.04. The van der Waals surface area contributed by atoms with Gasteiger partial charge in [0.15, 0.2) is 10.1 Å². The van der Waals surface area contributed by atoms with Crippen LogP contribution in [0.4, 0.5) is 0 Å². The summed E-state index contributed by atoms with van der Waals surface area (Å²) in [6, 6.07) is 0. The number of rotatable bonds is 6. The average molecular weight is 554 g/mol. The van der Waals surface area contributed by atoms with E-state index < -0.39 is 14.4 Å². The third kappa shape index (κ3) is 2.03. The van der Waals surface area contributed by atoms with E-state index in [1.54, 1.807) is 14.2 Å². The van der Waals surface area contributed by atoms with Gasteiger partial charge in [-0.15, -0.1) is 0 Å². The van der Waals surface area contributed by atoms with E-state index >= 15 is 0 Å². The van der Waals surface area contributed by atoms with Crippen LogP contribution in [0.1, 0.15) is 32.6 Å². The highest BCUT2D eigenvalue weighted by molar-refractivity contribution is 9.16. The number of ether oxygens (including phenoxy) is 2.